The Kier molecular flexibility index (Phi) is 4.37. The molecule has 0 atom stereocenters. The van der Waals surface area contributed by atoms with E-state index in [1.165, 1.54) is 30.6 Å². The summed E-state index contributed by atoms with van der Waals surface area (Å²) < 4.78 is 44.8. The molecule has 2 rings (SSSR count). The minimum absolute atomic E-state index is 0.350. The molecule has 0 saturated carbocycles. The zero-order valence-corrected chi connectivity index (χ0v) is 11.5. The van der Waals surface area contributed by atoms with Crippen molar-refractivity contribution in [1.82, 2.24) is 0 Å². The summed E-state index contributed by atoms with van der Waals surface area (Å²) in [5.74, 6) is -0.319. The Bertz CT molecular complexity index is 622. The van der Waals surface area contributed by atoms with Gasteiger partial charge in [0.15, 0.2) is 0 Å². The third-order valence-electron chi connectivity index (χ3n) is 2.44. The number of rotatable bonds is 4. The van der Waals surface area contributed by atoms with Crippen LogP contribution in [0.25, 0.3) is 0 Å². The maximum atomic E-state index is 12.0. The van der Waals surface area contributed by atoms with Gasteiger partial charge in [-0.15, -0.1) is 24.5 Å². The number of ether oxygens (including phenoxy) is 2. The second-order valence-electron chi connectivity index (χ2n) is 3.88. The summed E-state index contributed by atoms with van der Waals surface area (Å²) in [7, 11) is 1.45. The molecule has 1 aromatic heterocycles. The summed E-state index contributed by atoms with van der Waals surface area (Å²) in [6, 6.07) is 4.87. The first-order valence-corrected chi connectivity index (χ1v) is 6.60. The van der Waals surface area contributed by atoms with Crippen LogP contribution in [0.5, 0.6) is 11.5 Å². The number of carbonyl (C=O) groups is 1. The fourth-order valence-corrected chi connectivity index (χ4v) is 2.32. The Hall–Kier alpha value is -2.22. The van der Waals surface area contributed by atoms with E-state index in [4.69, 9.17) is 4.74 Å². The SMILES string of the molecule is COc1cscc1C(=O)Nc1ccc(OC(F)(F)F)cc1. The van der Waals surface area contributed by atoms with Crippen molar-refractivity contribution in [1.29, 1.82) is 0 Å². The number of carbonyl (C=O) groups excluding carboxylic acids is 1. The van der Waals surface area contributed by atoms with Gasteiger partial charge in [-0.3, -0.25) is 4.79 Å². The van der Waals surface area contributed by atoms with Gasteiger partial charge in [0.1, 0.15) is 11.5 Å². The maximum Gasteiger partial charge on any atom is 0.573 e. The monoisotopic (exact) mass is 317 g/mol. The van der Waals surface area contributed by atoms with Gasteiger partial charge in [-0.1, -0.05) is 0 Å². The molecule has 4 nitrogen and oxygen atoms in total. The molecule has 0 aliphatic carbocycles. The van der Waals surface area contributed by atoms with Gasteiger partial charge < -0.3 is 14.8 Å². The number of benzene rings is 1. The van der Waals surface area contributed by atoms with Crippen LogP contribution < -0.4 is 14.8 Å². The summed E-state index contributed by atoms with van der Waals surface area (Å²) in [6.45, 7) is 0. The molecule has 1 heterocycles. The van der Waals surface area contributed by atoms with E-state index < -0.39 is 12.3 Å². The molecular weight excluding hydrogens is 307 g/mol. The highest BCUT2D eigenvalue weighted by molar-refractivity contribution is 7.08. The van der Waals surface area contributed by atoms with Gasteiger partial charge in [0.2, 0.25) is 0 Å². The Morgan fingerprint density at radius 2 is 1.86 bits per heavy atom. The van der Waals surface area contributed by atoms with Crippen LogP contribution in [0.2, 0.25) is 0 Å². The smallest absolute Gasteiger partial charge is 0.495 e. The quantitative estimate of drug-likeness (QED) is 0.930. The van der Waals surface area contributed by atoms with E-state index in [1.807, 2.05) is 0 Å². The second kappa shape index (κ2) is 6.04. The molecule has 0 unspecified atom stereocenters. The lowest BCUT2D eigenvalue weighted by Crippen LogP contribution is -2.17. The van der Waals surface area contributed by atoms with Crippen molar-refractivity contribution in [2.45, 2.75) is 6.36 Å². The lowest BCUT2D eigenvalue weighted by atomic mass is 10.2. The molecule has 0 radical (unpaired) electrons. The van der Waals surface area contributed by atoms with E-state index in [0.717, 1.165) is 12.1 Å². The second-order valence-corrected chi connectivity index (χ2v) is 4.62. The number of halogens is 3. The summed E-state index contributed by atoms with van der Waals surface area (Å²) >= 11 is 1.31. The topological polar surface area (TPSA) is 47.6 Å². The van der Waals surface area contributed by atoms with Crippen LogP contribution in [0.1, 0.15) is 10.4 Å². The molecule has 8 heteroatoms. The molecule has 0 bridgehead atoms. The number of amides is 1. The number of hydrogen-bond donors (Lipinski definition) is 1. The number of alkyl halides is 3. The number of thiophene rings is 1. The Labute approximate surface area is 122 Å². The van der Waals surface area contributed by atoms with Crippen LogP contribution in [0.4, 0.5) is 18.9 Å². The lowest BCUT2D eigenvalue weighted by Gasteiger charge is -2.10. The highest BCUT2D eigenvalue weighted by atomic mass is 32.1. The Morgan fingerprint density at radius 1 is 1.19 bits per heavy atom. The molecular formula is C13H10F3NO3S. The van der Waals surface area contributed by atoms with Crippen LogP contribution in [0, 0.1) is 0 Å². The van der Waals surface area contributed by atoms with E-state index in [-0.39, 0.29) is 5.75 Å². The van der Waals surface area contributed by atoms with E-state index in [1.54, 1.807) is 10.8 Å². The fourth-order valence-electron chi connectivity index (χ4n) is 1.55. The van der Waals surface area contributed by atoms with Crippen molar-refractivity contribution in [3.8, 4) is 11.5 Å². The first-order chi connectivity index (χ1) is 9.89. The summed E-state index contributed by atoms with van der Waals surface area (Å²) in [6.07, 6.45) is -4.74. The average molecular weight is 317 g/mol. The maximum absolute atomic E-state index is 12.0. The van der Waals surface area contributed by atoms with Crippen molar-refractivity contribution < 1.29 is 27.4 Å². The molecule has 1 N–H and O–H groups in total. The largest absolute Gasteiger partial charge is 0.573 e. The molecule has 1 aromatic carbocycles. The number of methoxy groups -OCH3 is 1. The zero-order valence-electron chi connectivity index (χ0n) is 10.7. The molecule has 21 heavy (non-hydrogen) atoms. The van der Waals surface area contributed by atoms with Crippen LogP contribution >= 0.6 is 11.3 Å². The van der Waals surface area contributed by atoms with E-state index in [2.05, 4.69) is 10.1 Å². The predicted octanol–water partition coefficient (Wildman–Crippen LogP) is 3.91. The number of anilines is 1. The van der Waals surface area contributed by atoms with E-state index in [9.17, 15) is 18.0 Å². The van der Waals surface area contributed by atoms with Crippen molar-refractivity contribution in [2.75, 3.05) is 12.4 Å². The summed E-state index contributed by atoms with van der Waals surface area (Å²) in [5, 5.41) is 5.86. The summed E-state index contributed by atoms with van der Waals surface area (Å²) in [5.41, 5.74) is 0.709. The van der Waals surface area contributed by atoms with Gasteiger partial charge in [-0.2, -0.15) is 0 Å². The van der Waals surface area contributed by atoms with Gasteiger partial charge in [-0.25, -0.2) is 0 Å². The van der Waals surface area contributed by atoms with E-state index >= 15 is 0 Å². The van der Waals surface area contributed by atoms with Gasteiger partial charge in [0.05, 0.1) is 12.7 Å². The Morgan fingerprint density at radius 3 is 2.43 bits per heavy atom. The third kappa shape index (κ3) is 4.12. The van der Waals surface area contributed by atoms with Crippen LogP contribution in [0.3, 0.4) is 0 Å². The highest BCUT2D eigenvalue weighted by Crippen LogP contribution is 2.26. The standard InChI is InChI=1S/C13H10F3NO3S/c1-19-11-7-21-6-10(11)12(18)17-8-2-4-9(5-3-8)20-13(14,15)16/h2-7H,1H3,(H,17,18). The van der Waals surface area contributed by atoms with Crippen molar-refractivity contribution >= 4 is 22.9 Å². The minimum Gasteiger partial charge on any atom is -0.495 e. The Balaban J connectivity index is 2.05. The van der Waals surface area contributed by atoms with Crippen LogP contribution in [-0.4, -0.2) is 19.4 Å². The normalized spacial score (nSPS) is 11.0. The number of nitrogens with one attached hydrogen (secondary N) is 1. The molecule has 112 valence electrons. The van der Waals surface area contributed by atoms with Gasteiger partial charge in [0.25, 0.3) is 5.91 Å². The van der Waals surface area contributed by atoms with Gasteiger partial charge in [-0.05, 0) is 24.3 Å². The number of hydrogen-bond acceptors (Lipinski definition) is 4. The molecule has 0 saturated heterocycles. The predicted molar refractivity (Wildman–Crippen MR) is 71.9 cm³/mol. The molecule has 1 amide bonds. The molecule has 2 aromatic rings. The van der Waals surface area contributed by atoms with Crippen molar-refractivity contribution in [2.24, 2.45) is 0 Å². The van der Waals surface area contributed by atoms with Crippen molar-refractivity contribution in [3.63, 3.8) is 0 Å². The third-order valence-corrected chi connectivity index (χ3v) is 3.16. The molecule has 0 aliphatic rings. The van der Waals surface area contributed by atoms with Crippen molar-refractivity contribution in [3.05, 3.63) is 40.6 Å². The first kappa shape index (κ1) is 15.2. The fraction of sp³-hybridized carbons (Fsp3) is 0.154. The van der Waals surface area contributed by atoms with Gasteiger partial charge >= 0.3 is 6.36 Å². The first-order valence-electron chi connectivity index (χ1n) is 5.66. The minimum atomic E-state index is -4.74. The van der Waals surface area contributed by atoms with Crippen LogP contribution in [0.15, 0.2) is 35.0 Å². The highest BCUT2D eigenvalue weighted by Gasteiger charge is 2.30. The average Bonchev–Trinajstić information content (AvgIpc) is 2.87. The molecule has 0 fully saturated rings. The molecule has 0 spiro atoms. The van der Waals surface area contributed by atoms with Crippen LogP contribution in [-0.2, 0) is 0 Å². The zero-order chi connectivity index (χ0) is 15.5. The van der Waals surface area contributed by atoms with E-state index in [0.29, 0.717) is 17.0 Å². The lowest BCUT2D eigenvalue weighted by molar-refractivity contribution is -0.274. The molecule has 0 aliphatic heterocycles. The summed E-state index contributed by atoms with van der Waals surface area (Å²) in [4.78, 5) is 12.0. The van der Waals surface area contributed by atoms with Gasteiger partial charge in [0, 0.05) is 16.4 Å².